The van der Waals surface area contributed by atoms with Crippen LogP contribution in [0.5, 0.6) is 0 Å². The maximum atomic E-state index is 3.51. The van der Waals surface area contributed by atoms with Gasteiger partial charge in [0.2, 0.25) is 0 Å². The zero-order chi connectivity index (χ0) is 13.4. The molecule has 0 unspecified atom stereocenters. The molecule has 1 aliphatic rings. The van der Waals surface area contributed by atoms with Gasteiger partial charge in [0.15, 0.2) is 0 Å². The highest BCUT2D eigenvalue weighted by Gasteiger charge is 2.16. The molecule has 0 saturated carbocycles. The zero-order valence-corrected chi connectivity index (χ0v) is 12.8. The number of likely N-dealkylation sites (N-methyl/N-ethyl adjacent to an activating group) is 1. The summed E-state index contributed by atoms with van der Waals surface area (Å²) < 4.78 is 0. The zero-order valence-electron chi connectivity index (χ0n) is 12.8. The minimum absolute atomic E-state index is 0.796. The summed E-state index contributed by atoms with van der Waals surface area (Å²) in [6.45, 7) is 15.4. The minimum Gasteiger partial charge on any atom is -0.314 e. The molecule has 1 saturated heterocycles. The topological polar surface area (TPSA) is 21.8 Å². The van der Waals surface area contributed by atoms with E-state index in [9.17, 15) is 0 Å². The van der Waals surface area contributed by atoms with Gasteiger partial charge in [0.25, 0.3) is 0 Å². The smallest absolute Gasteiger partial charge is 0.0110 e. The molecule has 0 radical (unpaired) electrons. The molecular weight excluding hydrogens is 224 g/mol. The van der Waals surface area contributed by atoms with Crippen LogP contribution in [-0.4, -0.2) is 87.7 Å². The first-order valence-corrected chi connectivity index (χ1v) is 7.38. The third-order valence-electron chi connectivity index (χ3n) is 3.43. The summed E-state index contributed by atoms with van der Waals surface area (Å²) in [6, 6.07) is 0. The van der Waals surface area contributed by atoms with Crippen molar-refractivity contribution in [1.29, 1.82) is 0 Å². The molecule has 0 amide bonds. The first-order valence-electron chi connectivity index (χ1n) is 7.38. The summed E-state index contributed by atoms with van der Waals surface area (Å²) in [7, 11) is 4.24. The van der Waals surface area contributed by atoms with Crippen molar-refractivity contribution in [3.05, 3.63) is 0 Å². The molecule has 0 aliphatic carbocycles. The van der Waals surface area contributed by atoms with Gasteiger partial charge in [-0.2, -0.15) is 0 Å². The van der Waals surface area contributed by atoms with Crippen molar-refractivity contribution in [3.63, 3.8) is 0 Å². The van der Waals surface area contributed by atoms with E-state index in [1.54, 1.807) is 0 Å². The molecule has 0 aromatic carbocycles. The van der Waals surface area contributed by atoms with E-state index in [1.807, 2.05) is 0 Å². The Morgan fingerprint density at radius 3 is 2.17 bits per heavy atom. The second kappa shape index (κ2) is 8.86. The molecule has 108 valence electrons. The summed E-state index contributed by atoms with van der Waals surface area (Å²) in [5, 5.41) is 3.51. The largest absolute Gasteiger partial charge is 0.314 e. The van der Waals surface area contributed by atoms with E-state index in [0.29, 0.717) is 0 Å². The van der Waals surface area contributed by atoms with Crippen LogP contribution in [0.3, 0.4) is 0 Å². The summed E-state index contributed by atoms with van der Waals surface area (Å²) in [6.07, 6.45) is 0. The molecule has 0 atom stereocenters. The molecule has 0 aromatic heterocycles. The maximum absolute atomic E-state index is 3.51. The van der Waals surface area contributed by atoms with Crippen LogP contribution >= 0.6 is 0 Å². The van der Waals surface area contributed by atoms with Gasteiger partial charge < -0.3 is 15.1 Å². The number of piperazine rings is 1. The summed E-state index contributed by atoms with van der Waals surface area (Å²) >= 11 is 0. The fraction of sp³-hybridized carbons (Fsp3) is 1.00. The highest BCUT2D eigenvalue weighted by molar-refractivity contribution is 4.73. The van der Waals surface area contributed by atoms with E-state index in [0.717, 1.165) is 25.6 Å². The molecule has 4 nitrogen and oxygen atoms in total. The summed E-state index contributed by atoms with van der Waals surface area (Å²) in [5.41, 5.74) is 0. The van der Waals surface area contributed by atoms with Crippen molar-refractivity contribution in [1.82, 2.24) is 20.0 Å². The molecule has 18 heavy (non-hydrogen) atoms. The third kappa shape index (κ3) is 7.31. The van der Waals surface area contributed by atoms with Crippen molar-refractivity contribution >= 4 is 0 Å². The Kier molecular flexibility index (Phi) is 7.82. The number of nitrogens with one attached hydrogen (secondary N) is 1. The monoisotopic (exact) mass is 256 g/mol. The Balaban J connectivity index is 1.98. The predicted octanol–water partition coefficient (Wildman–Crippen LogP) is 0.411. The van der Waals surface area contributed by atoms with Gasteiger partial charge in [0, 0.05) is 58.9 Å². The van der Waals surface area contributed by atoms with Crippen LogP contribution in [0.1, 0.15) is 13.8 Å². The van der Waals surface area contributed by atoms with E-state index in [4.69, 9.17) is 0 Å². The van der Waals surface area contributed by atoms with Crippen molar-refractivity contribution in [2.24, 2.45) is 5.92 Å². The van der Waals surface area contributed by atoms with E-state index in [1.165, 1.54) is 39.3 Å². The van der Waals surface area contributed by atoms with Crippen LogP contribution in [0.25, 0.3) is 0 Å². The van der Waals surface area contributed by atoms with Gasteiger partial charge in [-0.3, -0.25) is 4.90 Å². The third-order valence-corrected chi connectivity index (χ3v) is 3.43. The van der Waals surface area contributed by atoms with Crippen LogP contribution in [0, 0.1) is 5.92 Å². The van der Waals surface area contributed by atoms with Gasteiger partial charge >= 0.3 is 0 Å². The molecule has 1 heterocycles. The number of hydrogen-bond donors (Lipinski definition) is 1. The number of hydrogen-bond acceptors (Lipinski definition) is 4. The summed E-state index contributed by atoms with van der Waals surface area (Å²) in [5.74, 6) is 0.796. The van der Waals surface area contributed by atoms with Crippen molar-refractivity contribution in [3.8, 4) is 0 Å². The second-order valence-corrected chi connectivity index (χ2v) is 6.09. The Bertz CT molecular complexity index is 198. The van der Waals surface area contributed by atoms with Crippen LogP contribution in [0.15, 0.2) is 0 Å². The van der Waals surface area contributed by atoms with Gasteiger partial charge in [-0.25, -0.2) is 0 Å². The predicted molar refractivity (Wildman–Crippen MR) is 79.1 cm³/mol. The van der Waals surface area contributed by atoms with Gasteiger partial charge in [-0.1, -0.05) is 13.8 Å². The highest BCUT2D eigenvalue weighted by atomic mass is 15.3. The molecule has 4 heteroatoms. The van der Waals surface area contributed by atoms with Crippen LogP contribution in [-0.2, 0) is 0 Å². The molecular formula is C14H32N4. The maximum Gasteiger partial charge on any atom is 0.0110 e. The van der Waals surface area contributed by atoms with E-state index >= 15 is 0 Å². The Morgan fingerprint density at radius 2 is 1.61 bits per heavy atom. The minimum atomic E-state index is 0.796. The van der Waals surface area contributed by atoms with E-state index < -0.39 is 0 Å². The molecule has 1 aliphatic heterocycles. The fourth-order valence-electron chi connectivity index (χ4n) is 2.38. The average molecular weight is 256 g/mol. The Hall–Kier alpha value is -0.160. The average Bonchev–Trinajstić information content (AvgIpc) is 2.30. The quantitative estimate of drug-likeness (QED) is 0.635. The number of rotatable bonds is 8. The lowest BCUT2D eigenvalue weighted by molar-refractivity contribution is 0.123. The molecule has 1 fully saturated rings. The van der Waals surface area contributed by atoms with Gasteiger partial charge in [-0.15, -0.1) is 0 Å². The first-order chi connectivity index (χ1) is 8.58. The van der Waals surface area contributed by atoms with Crippen LogP contribution in [0.4, 0.5) is 0 Å². The van der Waals surface area contributed by atoms with Gasteiger partial charge in [0.05, 0.1) is 0 Å². The second-order valence-electron chi connectivity index (χ2n) is 6.09. The van der Waals surface area contributed by atoms with Crippen LogP contribution in [0.2, 0.25) is 0 Å². The van der Waals surface area contributed by atoms with Crippen molar-refractivity contribution in [2.75, 3.05) is 73.0 Å². The highest BCUT2D eigenvalue weighted by Crippen LogP contribution is 2.04. The molecule has 1 N–H and O–H groups in total. The lowest BCUT2D eigenvalue weighted by atomic mass is 10.2. The van der Waals surface area contributed by atoms with E-state index in [-0.39, 0.29) is 0 Å². The summed E-state index contributed by atoms with van der Waals surface area (Å²) in [4.78, 5) is 7.40. The molecule has 0 aromatic rings. The van der Waals surface area contributed by atoms with Crippen LogP contribution < -0.4 is 5.32 Å². The SMILES string of the molecule is CC(C)CN1CCN(CCNCCN(C)C)CC1. The first kappa shape index (κ1) is 15.9. The fourth-order valence-corrected chi connectivity index (χ4v) is 2.38. The Labute approximate surface area is 113 Å². The lowest BCUT2D eigenvalue weighted by Gasteiger charge is -2.35. The molecule has 0 bridgehead atoms. The van der Waals surface area contributed by atoms with Crippen molar-refractivity contribution in [2.45, 2.75) is 13.8 Å². The Morgan fingerprint density at radius 1 is 1.00 bits per heavy atom. The van der Waals surface area contributed by atoms with E-state index in [2.05, 4.69) is 48.0 Å². The van der Waals surface area contributed by atoms with Crippen molar-refractivity contribution < 1.29 is 0 Å². The van der Waals surface area contributed by atoms with Gasteiger partial charge in [-0.05, 0) is 20.0 Å². The number of nitrogens with zero attached hydrogens (tertiary/aromatic N) is 3. The molecule has 1 rings (SSSR count). The normalized spacial score (nSPS) is 19.0. The standard InChI is InChI=1S/C14H32N4/c1-14(2)13-18-11-9-17(10-12-18)8-6-15-5-7-16(3)4/h14-15H,5-13H2,1-4H3. The van der Waals surface area contributed by atoms with Gasteiger partial charge in [0.1, 0.15) is 0 Å². The lowest BCUT2D eigenvalue weighted by Crippen LogP contribution is -2.49. The molecule has 0 spiro atoms.